The van der Waals surface area contributed by atoms with E-state index in [4.69, 9.17) is 11.6 Å². The third-order valence-corrected chi connectivity index (χ3v) is 4.66. The number of aromatic nitrogens is 2. The Hall–Kier alpha value is -1.34. The van der Waals surface area contributed by atoms with Crippen LogP contribution in [0, 0.1) is 29.1 Å². The van der Waals surface area contributed by atoms with Crippen LogP contribution in [0.25, 0.3) is 0 Å². The molecule has 0 aliphatic heterocycles. The summed E-state index contributed by atoms with van der Waals surface area (Å²) in [6, 6.07) is 2.25. The van der Waals surface area contributed by atoms with Crippen LogP contribution < -0.4 is 0 Å². The molecule has 0 bridgehead atoms. The number of hydrogen-bond acceptors (Lipinski definition) is 3. The van der Waals surface area contributed by atoms with Gasteiger partial charge in [-0.15, -0.1) is 0 Å². The SMILES string of the molecule is Cc1nn(C)c(Cl)c1CC1(C#N)CCC(C)(C)C1=O. The van der Waals surface area contributed by atoms with Gasteiger partial charge in [-0.3, -0.25) is 9.48 Å². The Morgan fingerprint density at radius 2 is 2.11 bits per heavy atom. The molecule has 2 rings (SSSR count). The van der Waals surface area contributed by atoms with Crippen LogP contribution >= 0.6 is 11.6 Å². The van der Waals surface area contributed by atoms with Crippen LogP contribution in [0.5, 0.6) is 0 Å². The number of ketones is 1. The summed E-state index contributed by atoms with van der Waals surface area (Å²) in [5, 5.41) is 14.3. The zero-order chi connectivity index (χ0) is 14.4. The predicted molar refractivity (Wildman–Crippen MR) is 72.7 cm³/mol. The molecule has 0 saturated heterocycles. The van der Waals surface area contributed by atoms with Crippen molar-refractivity contribution in [1.82, 2.24) is 9.78 Å². The van der Waals surface area contributed by atoms with Gasteiger partial charge < -0.3 is 0 Å². The van der Waals surface area contributed by atoms with Gasteiger partial charge in [-0.25, -0.2) is 0 Å². The van der Waals surface area contributed by atoms with Crippen molar-refractivity contribution < 1.29 is 4.79 Å². The lowest BCUT2D eigenvalue weighted by Gasteiger charge is -2.22. The Morgan fingerprint density at radius 1 is 1.47 bits per heavy atom. The molecule has 0 amide bonds. The van der Waals surface area contributed by atoms with E-state index < -0.39 is 10.8 Å². The molecule has 0 radical (unpaired) electrons. The third kappa shape index (κ3) is 2.06. The molecule has 1 fully saturated rings. The Balaban J connectivity index is 2.41. The van der Waals surface area contributed by atoms with Crippen molar-refractivity contribution in [1.29, 1.82) is 5.26 Å². The summed E-state index contributed by atoms with van der Waals surface area (Å²) in [5.41, 5.74) is 0.246. The molecule has 4 nitrogen and oxygen atoms in total. The summed E-state index contributed by atoms with van der Waals surface area (Å²) in [7, 11) is 1.76. The van der Waals surface area contributed by atoms with Gasteiger partial charge in [-0.2, -0.15) is 10.4 Å². The molecule has 0 N–H and O–H groups in total. The number of Topliss-reactive ketones (excluding diaryl/α,β-unsaturated/α-hetero) is 1. The van der Waals surface area contributed by atoms with E-state index in [1.165, 1.54) is 0 Å². The molecule has 5 heteroatoms. The average Bonchev–Trinajstić information content (AvgIpc) is 2.72. The van der Waals surface area contributed by atoms with Gasteiger partial charge >= 0.3 is 0 Å². The van der Waals surface area contributed by atoms with Gasteiger partial charge in [0.25, 0.3) is 0 Å². The molecule has 1 saturated carbocycles. The normalized spacial score (nSPS) is 25.6. The van der Waals surface area contributed by atoms with Crippen molar-refractivity contribution in [2.45, 2.75) is 40.0 Å². The van der Waals surface area contributed by atoms with Crippen molar-refractivity contribution in [2.75, 3.05) is 0 Å². The van der Waals surface area contributed by atoms with E-state index in [-0.39, 0.29) is 5.78 Å². The standard InChI is InChI=1S/C14H18ClN3O/c1-9-10(11(15)18(4)17-9)7-14(8-16)6-5-13(2,3)12(14)19/h5-7H2,1-4H3. The van der Waals surface area contributed by atoms with Gasteiger partial charge in [0.1, 0.15) is 10.6 Å². The molecule has 1 aromatic heterocycles. The van der Waals surface area contributed by atoms with Crippen molar-refractivity contribution >= 4 is 17.4 Å². The lowest BCUT2D eigenvalue weighted by atomic mass is 9.77. The zero-order valence-electron chi connectivity index (χ0n) is 11.7. The first-order valence-corrected chi connectivity index (χ1v) is 6.75. The fourth-order valence-electron chi connectivity index (χ4n) is 2.89. The first kappa shape index (κ1) is 14.1. The van der Waals surface area contributed by atoms with Crippen LogP contribution in [0.3, 0.4) is 0 Å². The van der Waals surface area contributed by atoms with Crippen LogP contribution in [0.4, 0.5) is 0 Å². The molecule has 1 aromatic rings. The third-order valence-electron chi connectivity index (χ3n) is 4.19. The lowest BCUT2D eigenvalue weighted by molar-refractivity contribution is -0.130. The quantitative estimate of drug-likeness (QED) is 0.836. The van der Waals surface area contributed by atoms with Gasteiger partial charge in [-0.1, -0.05) is 25.4 Å². The van der Waals surface area contributed by atoms with E-state index in [2.05, 4.69) is 11.2 Å². The summed E-state index contributed by atoms with van der Waals surface area (Å²) in [4.78, 5) is 12.5. The topological polar surface area (TPSA) is 58.7 Å². The number of halogens is 1. The largest absolute Gasteiger partial charge is 0.297 e. The maximum atomic E-state index is 12.5. The minimum Gasteiger partial charge on any atom is -0.297 e. The van der Waals surface area contributed by atoms with Crippen LogP contribution in [-0.4, -0.2) is 15.6 Å². The predicted octanol–water partition coefficient (Wildman–Crippen LogP) is 2.82. The number of nitrogens with zero attached hydrogens (tertiary/aromatic N) is 3. The molecule has 0 spiro atoms. The summed E-state index contributed by atoms with van der Waals surface area (Å²) in [5.74, 6) is 0.0295. The van der Waals surface area contributed by atoms with Crippen LogP contribution in [-0.2, 0) is 18.3 Å². The van der Waals surface area contributed by atoms with Gasteiger partial charge in [-0.05, 0) is 19.8 Å². The number of carbonyl (C=O) groups is 1. The Labute approximate surface area is 118 Å². The molecule has 1 aliphatic rings. The smallest absolute Gasteiger partial charge is 0.158 e. The number of hydrogen-bond donors (Lipinski definition) is 0. The van der Waals surface area contributed by atoms with E-state index in [1.807, 2.05) is 20.8 Å². The molecule has 1 heterocycles. The average molecular weight is 280 g/mol. The Kier molecular flexibility index (Phi) is 3.22. The number of rotatable bonds is 2. The van der Waals surface area contributed by atoms with Crippen LogP contribution in [0.15, 0.2) is 0 Å². The van der Waals surface area contributed by atoms with Crippen molar-refractivity contribution in [3.8, 4) is 6.07 Å². The summed E-state index contributed by atoms with van der Waals surface area (Å²) in [6.45, 7) is 5.68. The van der Waals surface area contributed by atoms with E-state index >= 15 is 0 Å². The second-order valence-electron chi connectivity index (χ2n) is 6.06. The Morgan fingerprint density at radius 3 is 2.47 bits per heavy atom. The minimum absolute atomic E-state index is 0.0295. The van der Waals surface area contributed by atoms with Crippen LogP contribution in [0.1, 0.15) is 37.9 Å². The fraction of sp³-hybridized carbons (Fsp3) is 0.643. The molecule has 1 aliphatic carbocycles. The molecular formula is C14H18ClN3O. The number of carbonyl (C=O) groups excluding carboxylic acids is 1. The molecule has 19 heavy (non-hydrogen) atoms. The maximum Gasteiger partial charge on any atom is 0.158 e. The first-order chi connectivity index (χ1) is 8.73. The highest BCUT2D eigenvalue weighted by Gasteiger charge is 2.52. The summed E-state index contributed by atoms with van der Waals surface area (Å²) < 4.78 is 1.59. The van der Waals surface area contributed by atoms with Gasteiger partial charge in [0.2, 0.25) is 0 Å². The van der Waals surface area contributed by atoms with Crippen molar-refractivity contribution in [3.63, 3.8) is 0 Å². The summed E-state index contributed by atoms with van der Waals surface area (Å²) in [6.07, 6.45) is 1.71. The summed E-state index contributed by atoms with van der Waals surface area (Å²) >= 11 is 6.21. The van der Waals surface area contributed by atoms with E-state index in [9.17, 15) is 10.1 Å². The number of nitriles is 1. The van der Waals surface area contributed by atoms with Gasteiger partial charge in [0, 0.05) is 24.4 Å². The molecular weight excluding hydrogens is 262 g/mol. The lowest BCUT2D eigenvalue weighted by Crippen LogP contribution is -2.33. The highest BCUT2D eigenvalue weighted by molar-refractivity contribution is 6.30. The fourth-order valence-corrected chi connectivity index (χ4v) is 3.13. The van der Waals surface area contributed by atoms with E-state index in [0.717, 1.165) is 17.7 Å². The molecule has 1 atom stereocenters. The zero-order valence-corrected chi connectivity index (χ0v) is 12.5. The Bertz CT molecular complexity index is 582. The van der Waals surface area contributed by atoms with Crippen molar-refractivity contribution in [3.05, 3.63) is 16.4 Å². The van der Waals surface area contributed by atoms with Gasteiger partial charge in [0.05, 0.1) is 11.8 Å². The van der Waals surface area contributed by atoms with E-state index in [1.54, 1.807) is 11.7 Å². The highest BCUT2D eigenvalue weighted by Crippen LogP contribution is 2.48. The molecule has 102 valence electrons. The maximum absolute atomic E-state index is 12.5. The highest BCUT2D eigenvalue weighted by atomic mass is 35.5. The first-order valence-electron chi connectivity index (χ1n) is 6.38. The molecule has 0 aromatic carbocycles. The second kappa shape index (κ2) is 4.35. The monoisotopic (exact) mass is 279 g/mol. The van der Waals surface area contributed by atoms with Crippen molar-refractivity contribution in [2.24, 2.45) is 17.9 Å². The van der Waals surface area contributed by atoms with Gasteiger partial charge in [0.15, 0.2) is 5.78 Å². The minimum atomic E-state index is -0.944. The second-order valence-corrected chi connectivity index (χ2v) is 6.42. The van der Waals surface area contributed by atoms with E-state index in [0.29, 0.717) is 18.0 Å². The molecule has 1 unspecified atom stereocenters. The number of aryl methyl sites for hydroxylation is 2. The van der Waals surface area contributed by atoms with Crippen LogP contribution in [0.2, 0.25) is 5.15 Å².